The molecule has 0 heterocycles. The second-order valence-corrected chi connectivity index (χ2v) is 32.6. The van der Waals surface area contributed by atoms with Gasteiger partial charge in [-0.1, -0.05) is 0 Å². The quantitative estimate of drug-likeness (QED) is 0.247. The standard InChI is InChI=1S/2C9H13.2C5H5.2C3H6.2ClH.2Hf/c2*1-6-5-7(2)9(4)8(6)3;2*1-2-4-5-3-1;2*1-3-2;;;;/h2*6H,1-4H3;2*1-3H,4H2;2*1-2H3;2*1H;;. The third kappa shape index (κ3) is 7.24. The van der Waals surface area contributed by atoms with Gasteiger partial charge in [-0.3, -0.25) is 0 Å². The van der Waals surface area contributed by atoms with Crippen LogP contribution in [0.1, 0.15) is 95.9 Å². The fourth-order valence-electron chi connectivity index (χ4n) is 6.33. The number of hydrogen-bond acceptors (Lipinski definition) is 0. The summed E-state index contributed by atoms with van der Waals surface area (Å²) in [6, 6.07) is 0. The van der Waals surface area contributed by atoms with E-state index >= 15 is 0 Å². The van der Waals surface area contributed by atoms with Crippen LogP contribution < -0.4 is 0 Å². The van der Waals surface area contributed by atoms with Crippen molar-refractivity contribution in [1.82, 2.24) is 0 Å². The molecule has 0 amide bonds. The third-order valence-corrected chi connectivity index (χ3v) is 33.1. The molecular formula is C34H50Cl2Hf2. The summed E-state index contributed by atoms with van der Waals surface area (Å²) in [7, 11) is 0. The SMILES string of the molecule is CC1=C(C)C(C)[C]([Hf]([C]2=CC=CC2)=[C](C)C)=C1C.CC1=C(C)C(C)[C]([Hf]([C]2=CC=CC2)=[C](C)C)=C1C.Cl.Cl. The van der Waals surface area contributed by atoms with Gasteiger partial charge < -0.3 is 0 Å². The fourth-order valence-corrected chi connectivity index (χ4v) is 30.2. The van der Waals surface area contributed by atoms with Crippen LogP contribution in [0.4, 0.5) is 0 Å². The summed E-state index contributed by atoms with van der Waals surface area (Å²) >= 11 is -3.80. The van der Waals surface area contributed by atoms with Crippen LogP contribution in [-0.2, 0) is 41.9 Å². The Bertz CT molecular complexity index is 1180. The van der Waals surface area contributed by atoms with Gasteiger partial charge in [-0.15, -0.1) is 24.8 Å². The van der Waals surface area contributed by atoms with Crippen LogP contribution in [0.25, 0.3) is 0 Å². The van der Waals surface area contributed by atoms with Crippen LogP contribution in [0.2, 0.25) is 0 Å². The molecule has 4 heteroatoms. The van der Waals surface area contributed by atoms with Crippen molar-refractivity contribution >= 4 is 31.3 Å². The molecule has 38 heavy (non-hydrogen) atoms. The van der Waals surface area contributed by atoms with Gasteiger partial charge in [0, 0.05) is 0 Å². The van der Waals surface area contributed by atoms with Crippen LogP contribution in [-0.4, -0.2) is 6.51 Å². The summed E-state index contributed by atoms with van der Waals surface area (Å²) in [4.78, 5) is 0. The molecule has 2 atom stereocenters. The molecular weight excluding hydrogens is 836 g/mol. The Morgan fingerprint density at radius 3 is 1.08 bits per heavy atom. The molecule has 0 aromatic carbocycles. The Kier molecular flexibility index (Phi) is 14.5. The predicted molar refractivity (Wildman–Crippen MR) is 171 cm³/mol. The Labute approximate surface area is 261 Å². The smallest absolute Gasteiger partial charge is 0.147 e. The average Bonchev–Trinajstić information content (AvgIpc) is 3.61. The van der Waals surface area contributed by atoms with E-state index in [9.17, 15) is 0 Å². The van der Waals surface area contributed by atoms with Crippen LogP contribution in [0.15, 0.2) is 83.2 Å². The van der Waals surface area contributed by atoms with E-state index in [0.29, 0.717) is 11.8 Å². The van der Waals surface area contributed by atoms with Crippen LogP contribution >= 0.6 is 24.8 Å². The van der Waals surface area contributed by atoms with E-state index in [4.69, 9.17) is 0 Å². The fraction of sp³-hybridized carbons (Fsp3) is 0.471. The van der Waals surface area contributed by atoms with Gasteiger partial charge in [0.05, 0.1) is 0 Å². The minimum Gasteiger partial charge on any atom is -0.147 e. The summed E-state index contributed by atoms with van der Waals surface area (Å²) < 4.78 is 10.7. The molecule has 2 unspecified atom stereocenters. The summed E-state index contributed by atoms with van der Waals surface area (Å²) in [5.41, 5.74) is 9.59. The summed E-state index contributed by atoms with van der Waals surface area (Å²) in [5.74, 6) is 1.40. The molecule has 0 spiro atoms. The van der Waals surface area contributed by atoms with E-state index in [2.05, 4.69) is 120 Å². The molecule has 0 nitrogen and oxygen atoms in total. The molecule has 0 bridgehead atoms. The van der Waals surface area contributed by atoms with E-state index in [0.717, 1.165) is 0 Å². The number of rotatable bonds is 4. The molecule has 0 aliphatic heterocycles. The second-order valence-electron chi connectivity index (χ2n) is 11.5. The van der Waals surface area contributed by atoms with E-state index in [-0.39, 0.29) is 24.8 Å². The maximum atomic E-state index is 2.42. The first-order valence-electron chi connectivity index (χ1n) is 13.7. The van der Waals surface area contributed by atoms with Gasteiger partial charge in [-0.05, 0) is 0 Å². The third-order valence-electron chi connectivity index (χ3n) is 9.00. The molecule has 0 saturated heterocycles. The minimum atomic E-state index is -1.90. The second kappa shape index (κ2) is 15.3. The largest absolute Gasteiger partial charge is 0.147 e. The maximum absolute atomic E-state index is 2.42. The van der Waals surface area contributed by atoms with Crippen LogP contribution in [0, 0.1) is 11.8 Å². The van der Waals surface area contributed by atoms with E-state index in [1.165, 1.54) is 12.8 Å². The zero-order valence-electron chi connectivity index (χ0n) is 25.8. The average molecular weight is 887 g/mol. The van der Waals surface area contributed by atoms with Crippen molar-refractivity contribution in [2.45, 2.75) is 95.9 Å². The number of allylic oxidation sites excluding steroid dienone is 16. The van der Waals surface area contributed by atoms with Gasteiger partial charge in [0.2, 0.25) is 0 Å². The van der Waals surface area contributed by atoms with Crippen LogP contribution in [0.5, 0.6) is 0 Å². The van der Waals surface area contributed by atoms with E-state index in [1.54, 1.807) is 46.6 Å². The van der Waals surface area contributed by atoms with Gasteiger partial charge >= 0.3 is 239 Å². The first kappa shape index (κ1) is 36.0. The number of hydrogen-bond donors (Lipinski definition) is 0. The summed E-state index contributed by atoms with van der Waals surface area (Å²) in [6.07, 6.45) is 16.4. The topological polar surface area (TPSA) is 0 Å². The van der Waals surface area contributed by atoms with Crippen molar-refractivity contribution < 1.29 is 41.9 Å². The van der Waals surface area contributed by atoms with Gasteiger partial charge in [-0.2, -0.15) is 0 Å². The van der Waals surface area contributed by atoms with Crippen LogP contribution in [0.3, 0.4) is 0 Å². The Morgan fingerprint density at radius 2 is 0.895 bits per heavy atom. The maximum Gasteiger partial charge on any atom is -0.147 e. The normalized spacial score (nSPS) is 21.8. The Hall–Kier alpha value is -0.0197. The molecule has 0 saturated carbocycles. The van der Waals surface area contributed by atoms with Gasteiger partial charge in [0.25, 0.3) is 0 Å². The van der Waals surface area contributed by atoms with Crippen molar-refractivity contribution in [2.24, 2.45) is 11.8 Å². The molecule has 4 aliphatic carbocycles. The predicted octanol–water partition coefficient (Wildman–Crippen LogP) is 10.7. The molecule has 208 valence electrons. The van der Waals surface area contributed by atoms with Crippen molar-refractivity contribution in [2.75, 3.05) is 0 Å². The Morgan fingerprint density at radius 1 is 0.579 bits per heavy atom. The van der Waals surface area contributed by atoms with Crippen molar-refractivity contribution in [3.63, 3.8) is 0 Å². The number of halogens is 2. The molecule has 0 fully saturated rings. The van der Waals surface area contributed by atoms with Gasteiger partial charge in [-0.25, -0.2) is 0 Å². The van der Waals surface area contributed by atoms with E-state index in [1.807, 2.05) is 6.66 Å². The first-order chi connectivity index (χ1) is 16.9. The zero-order chi connectivity index (χ0) is 26.9. The summed E-state index contributed by atoms with van der Waals surface area (Å²) in [5, 5.41) is 0. The molecule has 0 radical (unpaired) electrons. The first-order valence-corrected chi connectivity index (χ1v) is 24.5. The molecule has 4 rings (SSSR count). The van der Waals surface area contributed by atoms with Gasteiger partial charge in [0.1, 0.15) is 0 Å². The molecule has 0 aromatic rings. The van der Waals surface area contributed by atoms with Gasteiger partial charge in [0.15, 0.2) is 0 Å². The molecule has 0 N–H and O–H groups in total. The molecule has 4 aliphatic rings. The zero-order valence-corrected chi connectivity index (χ0v) is 34.7. The van der Waals surface area contributed by atoms with Crippen molar-refractivity contribution in [1.29, 1.82) is 0 Å². The molecule has 0 aromatic heterocycles. The Balaban J connectivity index is 0.000000361. The van der Waals surface area contributed by atoms with E-state index < -0.39 is 41.9 Å². The monoisotopic (exact) mass is 888 g/mol. The minimum absolute atomic E-state index is 0. The van der Waals surface area contributed by atoms with Crippen molar-refractivity contribution in [3.8, 4) is 0 Å². The van der Waals surface area contributed by atoms with Crippen molar-refractivity contribution in [3.05, 3.63) is 83.2 Å². The summed E-state index contributed by atoms with van der Waals surface area (Å²) in [6.45, 7) is 28.3.